The first kappa shape index (κ1) is 28.2. The van der Waals surface area contributed by atoms with E-state index in [0.717, 1.165) is 28.5 Å². The number of hydrogen-bond donors (Lipinski definition) is 0. The molecule has 0 saturated heterocycles. The second kappa shape index (κ2) is 13.8. The average Bonchev–Trinajstić information content (AvgIpc) is 3.05. The van der Waals surface area contributed by atoms with Gasteiger partial charge in [0, 0.05) is 22.2 Å². The lowest BCUT2D eigenvalue weighted by molar-refractivity contribution is 1.16. The molecular weight excluding hydrogens is 570 g/mol. The van der Waals surface area contributed by atoms with E-state index in [9.17, 15) is 0 Å². The van der Waals surface area contributed by atoms with Gasteiger partial charge in [-0.1, -0.05) is 139 Å². The number of halogens is 1. The highest BCUT2D eigenvalue weighted by Gasteiger charge is 2.20. The van der Waals surface area contributed by atoms with Crippen LogP contribution in [0.4, 0.5) is 5.69 Å². The van der Waals surface area contributed by atoms with Crippen molar-refractivity contribution in [2.24, 2.45) is 4.99 Å². The lowest BCUT2D eigenvalue weighted by atomic mass is 10.3. The minimum Gasteiger partial charge on any atom is -0.254 e. The van der Waals surface area contributed by atoms with Crippen molar-refractivity contribution < 1.29 is 0 Å². The fourth-order valence-corrected chi connectivity index (χ4v) is 9.77. The van der Waals surface area contributed by atoms with Gasteiger partial charge in [-0.15, -0.1) is 0 Å². The van der Waals surface area contributed by atoms with Gasteiger partial charge < -0.3 is 0 Å². The molecule has 0 radical (unpaired) electrons. The highest BCUT2D eigenvalue weighted by Crippen LogP contribution is 2.38. The predicted octanol–water partition coefficient (Wildman–Crippen LogP) is 7.88. The van der Waals surface area contributed by atoms with Gasteiger partial charge in [0.05, 0.1) is 17.6 Å². The van der Waals surface area contributed by atoms with Crippen molar-refractivity contribution in [3.8, 4) is 0 Å². The summed E-state index contributed by atoms with van der Waals surface area (Å²) >= 11 is 6.57. The lowest BCUT2D eigenvalue weighted by Crippen LogP contribution is -2.21. The van der Waals surface area contributed by atoms with Crippen LogP contribution in [-0.4, -0.2) is 11.2 Å². The molecule has 0 saturated carbocycles. The number of hydrogen-bond acceptors (Lipinski definition) is 2. The van der Waals surface area contributed by atoms with E-state index in [1.54, 1.807) is 0 Å². The number of rotatable bonds is 9. The van der Waals surface area contributed by atoms with Crippen molar-refractivity contribution in [3.05, 3.63) is 174 Å². The molecule has 6 aromatic rings. The van der Waals surface area contributed by atoms with Crippen LogP contribution in [0.5, 0.6) is 0 Å². The van der Waals surface area contributed by atoms with E-state index >= 15 is 0 Å². The second-order valence-corrected chi connectivity index (χ2v) is 14.5. The van der Waals surface area contributed by atoms with E-state index in [1.807, 2.05) is 24.4 Å². The molecule has 5 heteroatoms. The molecule has 42 heavy (non-hydrogen) atoms. The first-order chi connectivity index (χ1) is 20.7. The molecule has 0 aliphatic carbocycles. The van der Waals surface area contributed by atoms with Gasteiger partial charge in [-0.3, -0.25) is 9.98 Å². The minimum absolute atomic E-state index is 0.581. The molecule has 1 heterocycles. The third-order valence-electron chi connectivity index (χ3n) is 6.83. The Morgan fingerprint density at radius 3 is 1.64 bits per heavy atom. The van der Waals surface area contributed by atoms with Crippen molar-refractivity contribution in [1.82, 2.24) is 4.98 Å². The zero-order valence-corrected chi connectivity index (χ0v) is 25.5. The van der Waals surface area contributed by atoms with Crippen molar-refractivity contribution in [2.75, 3.05) is 0 Å². The number of pyridine rings is 1. The van der Waals surface area contributed by atoms with Crippen molar-refractivity contribution in [2.45, 2.75) is 6.16 Å². The highest BCUT2D eigenvalue weighted by molar-refractivity contribution is 7.80. The Balaban J connectivity index is 1.33. The van der Waals surface area contributed by atoms with Crippen LogP contribution in [0.15, 0.2) is 163 Å². The van der Waals surface area contributed by atoms with Gasteiger partial charge in [0.2, 0.25) is 0 Å². The van der Waals surface area contributed by atoms with Gasteiger partial charge in [-0.25, -0.2) is 0 Å². The molecule has 0 N–H and O–H groups in total. The number of aromatic nitrogens is 1. The average molecular weight is 599 g/mol. The number of benzene rings is 5. The lowest BCUT2D eigenvalue weighted by Gasteiger charge is -2.21. The number of aliphatic imine (C=N–C) groups is 1. The van der Waals surface area contributed by atoms with E-state index in [1.165, 1.54) is 21.2 Å². The van der Waals surface area contributed by atoms with Crippen LogP contribution in [0, 0.1) is 0 Å². The molecule has 204 valence electrons. The third kappa shape index (κ3) is 6.92. The Morgan fingerprint density at radius 2 is 1.10 bits per heavy atom. The maximum absolute atomic E-state index is 6.57. The van der Waals surface area contributed by atoms with Crippen LogP contribution < -0.4 is 26.5 Å². The zero-order chi connectivity index (χ0) is 28.6. The van der Waals surface area contributed by atoms with E-state index in [4.69, 9.17) is 21.6 Å². The van der Waals surface area contributed by atoms with Crippen LogP contribution in [-0.2, 0) is 6.16 Å². The fraction of sp³-hybridized carbons (Fsp3) is 0.0270. The Labute approximate surface area is 255 Å². The van der Waals surface area contributed by atoms with Crippen LogP contribution in [0.1, 0.15) is 11.4 Å². The SMILES string of the molecule is Clc1ccc(/N=C/c2cccc(CP(c3ccccc3)c3ccccc3)n2)c(P(c2ccccc2)c2ccccc2)c1. The van der Waals surface area contributed by atoms with Gasteiger partial charge in [0.15, 0.2) is 0 Å². The molecule has 0 atom stereocenters. The smallest absolute Gasteiger partial charge is 0.0816 e. The summed E-state index contributed by atoms with van der Waals surface area (Å²) in [5.41, 5.74) is 2.80. The Kier molecular flexibility index (Phi) is 9.28. The third-order valence-corrected chi connectivity index (χ3v) is 12.0. The van der Waals surface area contributed by atoms with Crippen LogP contribution >= 0.6 is 27.4 Å². The molecule has 0 bridgehead atoms. The van der Waals surface area contributed by atoms with Crippen LogP contribution in [0.3, 0.4) is 0 Å². The number of nitrogens with zero attached hydrogens (tertiary/aromatic N) is 2. The van der Waals surface area contributed by atoms with Gasteiger partial charge >= 0.3 is 0 Å². The molecule has 0 fully saturated rings. The monoisotopic (exact) mass is 598 g/mol. The Bertz CT molecular complexity index is 1680. The minimum atomic E-state index is -0.849. The largest absolute Gasteiger partial charge is 0.254 e. The van der Waals surface area contributed by atoms with Crippen LogP contribution in [0.2, 0.25) is 5.02 Å². The van der Waals surface area contributed by atoms with E-state index in [-0.39, 0.29) is 0 Å². The maximum Gasteiger partial charge on any atom is 0.0816 e. The molecule has 6 rings (SSSR count). The van der Waals surface area contributed by atoms with Crippen LogP contribution in [0.25, 0.3) is 0 Å². The molecule has 0 spiro atoms. The van der Waals surface area contributed by atoms with Gasteiger partial charge in [0.25, 0.3) is 0 Å². The zero-order valence-electron chi connectivity index (χ0n) is 23.0. The van der Waals surface area contributed by atoms with Gasteiger partial charge in [0.1, 0.15) is 0 Å². The molecular formula is C37H29ClN2P2. The summed E-state index contributed by atoms with van der Waals surface area (Å²) in [5.74, 6) is 0. The summed E-state index contributed by atoms with van der Waals surface area (Å²) < 4.78 is 0. The van der Waals surface area contributed by atoms with Crippen molar-refractivity contribution in [1.29, 1.82) is 0 Å². The molecule has 0 aliphatic heterocycles. The predicted molar refractivity (Wildman–Crippen MR) is 184 cm³/mol. The van der Waals surface area contributed by atoms with E-state index < -0.39 is 15.8 Å². The highest BCUT2D eigenvalue weighted by atomic mass is 35.5. The normalized spacial score (nSPS) is 11.4. The summed E-state index contributed by atoms with van der Waals surface area (Å²) in [5, 5.41) is 7.04. The molecule has 0 unspecified atom stereocenters. The summed E-state index contributed by atoms with van der Waals surface area (Å²) in [6, 6.07) is 55.0. The first-order valence-corrected chi connectivity index (χ1v) is 17.1. The summed E-state index contributed by atoms with van der Waals surface area (Å²) in [6.45, 7) is 0. The van der Waals surface area contributed by atoms with Crippen molar-refractivity contribution >= 4 is 65.9 Å². The second-order valence-electron chi connectivity index (χ2n) is 9.71. The van der Waals surface area contributed by atoms with E-state index in [0.29, 0.717) is 5.02 Å². The molecule has 0 amide bonds. The Hall–Kier alpha value is -3.93. The van der Waals surface area contributed by atoms with Gasteiger partial charge in [-0.05, 0) is 67.4 Å². The first-order valence-electron chi connectivity index (χ1n) is 13.8. The topological polar surface area (TPSA) is 25.2 Å². The fourth-order valence-electron chi connectivity index (χ4n) is 4.87. The summed E-state index contributed by atoms with van der Waals surface area (Å²) in [6.07, 6.45) is 2.75. The standard InChI is InChI=1S/C37H29ClN2P2/c38-29-24-25-36(37(26-29)42(34-20-9-3-10-21-34)35-22-11-4-12-23-35)39-27-30-14-13-15-31(40-30)28-41(32-16-5-1-6-17-32)33-18-7-2-8-19-33/h1-27H,28H2/b39-27+. The summed E-state index contributed by atoms with van der Waals surface area (Å²) in [7, 11) is -1.43. The summed E-state index contributed by atoms with van der Waals surface area (Å²) in [4.78, 5) is 10.0. The molecule has 0 aliphatic rings. The maximum atomic E-state index is 6.57. The molecule has 1 aromatic heterocycles. The Morgan fingerprint density at radius 1 is 0.571 bits per heavy atom. The van der Waals surface area contributed by atoms with Gasteiger partial charge in [-0.2, -0.15) is 0 Å². The van der Waals surface area contributed by atoms with Crippen molar-refractivity contribution in [3.63, 3.8) is 0 Å². The van der Waals surface area contributed by atoms with E-state index in [2.05, 4.69) is 140 Å². The molecule has 5 aromatic carbocycles. The molecule has 2 nitrogen and oxygen atoms in total. The quantitative estimate of drug-likeness (QED) is 0.123.